The third kappa shape index (κ3) is 13.2. The van der Waals surface area contributed by atoms with Crippen molar-refractivity contribution in [1.29, 1.82) is 0 Å². The SMILES string of the molecule is [C-]#[N+]c1c(C(=O)OC2C(C)CC(C)CC2C)c2nc(-c3cc(Cc4ccc(OCCCCCC)cc4)c(C)c(NS(=O)(=O)c4ccc(OCCCCCC)cc4)c3)[nH]n2c1OC(=O)N(CC=C)CC=C. The normalized spacial score (nSPS) is 16.8. The molecule has 1 fully saturated rings. The van der Waals surface area contributed by atoms with Crippen LogP contribution < -0.4 is 18.9 Å². The van der Waals surface area contributed by atoms with Crippen molar-refractivity contribution in [2.45, 2.75) is 123 Å². The number of ether oxygens (including phenoxy) is 4. The van der Waals surface area contributed by atoms with Crippen molar-refractivity contribution in [1.82, 2.24) is 19.5 Å². The molecule has 1 saturated carbocycles. The van der Waals surface area contributed by atoms with Crippen LogP contribution in [0.1, 0.15) is 126 Å². The molecule has 0 spiro atoms. The Morgan fingerprint density at radius 1 is 0.886 bits per heavy atom. The van der Waals surface area contributed by atoms with E-state index in [0.29, 0.717) is 48.1 Å². The van der Waals surface area contributed by atoms with Crippen LogP contribution in [-0.2, 0) is 21.2 Å². The number of fused-ring (bicyclic) bond motifs is 1. The summed E-state index contributed by atoms with van der Waals surface area (Å²) in [5.41, 5.74) is 2.75. The van der Waals surface area contributed by atoms with E-state index in [1.807, 2.05) is 37.3 Å². The highest BCUT2D eigenvalue weighted by molar-refractivity contribution is 7.92. The van der Waals surface area contributed by atoms with E-state index in [0.717, 1.165) is 74.7 Å². The highest BCUT2D eigenvalue weighted by Gasteiger charge is 2.38. The number of hydrogen-bond donors (Lipinski definition) is 2. The van der Waals surface area contributed by atoms with Crippen LogP contribution in [-0.4, -0.2) is 72.4 Å². The molecule has 0 bridgehead atoms. The van der Waals surface area contributed by atoms with Gasteiger partial charge in [0.05, 0.1) is 30.4 Å². The van der Waals surface area contributed by atoms with Crippen molar-refractivity contribution in [3.8, 4) is 28.8 Å². The predicted octanol–water partition coefficient (Wildman–Crippen LogP) is 12.9. The number of carbonyl (C=O) groups excluding carboxylic acids is 2. The summed E-state index contributed by atoms with van der Waals surface area (Å²) in [4.78, 5) is 38.2. The van der Waals surface area contributed by atoms with E-state index < -0.39 is 28.2 Å². The third-order valence-electron chi connectivity index (χ3n) is 12.9. The molecule has 374 valence electrons. The first-order valence-corrected chi connectivity index (χ1v) is 26.2. The molecule has 0 radical (unpaired) electrons. The monoisotopic (exact) mass is 974 g/mol. The fourth-order valence-corrected chi connectivity index (χ4v) is 10.4. The summed E-state index contributed by atoms with van der Waals surface area (Å²) < 4.78 is 56.6. The topological polar surface area (TPSA) is 158 Å². The Kier molecular flexibility index (Phi) is 18.8. The minimum atomic E-state index is -4.13. The van der Waals surface area contributed by atoms with Crippen molar-refractivity contribution in [3.63, 3.8) is 0 Å². The van der Waals surface area contributed by atoms with Gasteiger partial charge < -0.3 is 23.8 Å². The van der Waals surface area contributed by atoms with Gasteiger partial charge in [-0.3, -0.25) is 9.82 Å². The lowest BCUT2D eigenvalue weighted by Crippen LogP contribution is -2.37. The summed E-state index contributed by atoms with van der Waals surface area (Å²) in [6, 6.07) is 17.8. The molecule has 2 N–H and O–H groups in total. The molecule has 70 heavy (non-hydrogen) atoms. The van der Waals surface area contributed by atoms with Crippen molar-refractivity contribution >= 4 is 39.1 Å². The van der Waals surface area contributed by atoms with E-state index in [1.165, 1.54) is 40.1 Å². The predicted molar refractivity (Wildman–Crippen MR) is 276 cm³/mol. The number of aromatic nitrogens is 3. The molecular weight excluding hydrogens is 905 g/mol. The van der Waals surface area contributed by atoms with E-state index in [-0.39, 0.29) is 58.4 Å². The zero-order valence-corrected chi connectivity index (χ0v) is 42.5. The number of H-pyrrole nitrogens is 1. The molecular formula is C55H70N6O8S. The Hall–Kier alpha value is -6.53. The summed E-state index contributed by atoms with van der Waals surface area (Å²) in [7, 11) is -4.13. The number of carbonyl (C=O) groups is 2. The van der Waals surface area contributed by atoms with Crippen LogP contribution in [0.25, 0.3) is 21.9 Å². The van der Waals surface area contributed by atoms with Crippen LogP contribution in [0.4, 0.5) is 16.2 Å². The zero-order valence-electron chi connectivity index (χ0n) is 41.7. The lowest BCUT2D eigenvalue weighted by Gasteiger charge is -2.37. The fraction of sp³-hybridized carbons (Fsp3) is 0.455. The second-order valence-corrected chi connectivity index (χ2v) is 20.3. The van der Waals surface area contributed by atoms with Crippen molar-refractivity contribution in [3.05, 3.63) is 120 Å². The number of benzene rings is 3. The Labute approximate surface area is 414 Å². The standard InChI is InChI=1S/C55H70N6O8S/c1-10-14-16-18-30-66-44-22-20-41(21-23-44)34-42-35-43(36-47(40(42)8)59-70(64,65)46-26-24-45(25-27-46)67-31-19-17-15-11-2)51-57-52-48(54(62)68-50-38(6)32-37(5)33-39(50)7)49(56-9)53(61(52)58-51)69-55(63)60(28-12-3)29-13-4/h12-13,20-27,35-39,50,59H,3-4,10-11,14-19,28-34H2,1-2,5-8H3,(H,57,58). The van der Waals surface area contributed by atoms with E-state index in [9.17, 15) is 18.0 Å². The number of anilines is 1. The Balaban J connectivity index is 1.43. The highest BCUT2D eigenvalue weighted by atomic mass is 32.2. The Bertz CT molecular complexity index is 2720. The van der Waals surface area contributed by atoms with Crippen molar-refractivity contribution in [2.24, 2.45) is 17.8 Å². The van der Waals surface area contributed by atoms with Crippen molar-refractivity contribution in [2.75, 3.05) is 31.0 Å². The van der Waals surface area contributed by atoms with Crippen LogP contribution in [0.15, 0.2) is 90.9 Å². The quantitative estimate of drug-likeness (QED) is 0.0251. The van der Waals surface area contributed by atoms with Gasteiger partial charge in [-0.05, 0) is 122 Å². The minimum absolute atomic E-state index is 0.000476. The number of nitrogens with one attached hydrogen (secondary N) is 2. The highest BCUT2D eigenvalue weighted by Crippen LogP contribution is 2.42. The van der Waals surface area contributed by atoms with Crippen LogP contribution in [0, 0.1) is 31.2 Å². The summed E-state index contributed by atoms with van der Waals surface area (Å²) in [5, 5.41) is 3.18. The van der Waals surface area contributed by atoms with Gasteiger partial charge in [-0.15, -0.1) is 13.2 Å². The Morgan fingerprint density at radius 3 is 2.03 bits per heavy atom. The van der Waals surface area contributed by atoms with E-state index in [1.54, 1.807) is 18.2 Å². The molecule has 3 aromatic carbocycles. The summed E-state index contributed by atoms with van der Waals surface area (Å²) >= 11 is 0. The molecule has 1 aliphatic rings. The average Bonchev–Trinajstić information content (AvgIpc) is 3.89. The first-order chi connectivity index (χ1) is 33.7. The largest absolute Gasteiger partial charge is 0.494 e. The van der Waals surface area contributed by atoms with Crippen LogP contribution in [0.3, 0.4) is 0 Å². The number of nitrogens with zero attached hydrogens (tertiary/aromatic N) is 4. The van der Waals surface area contributed by atoms with Gasteiger partial charge in [-0.2, -0.15) is 0 Å². The molecule has 5 aromatic rings. The molecule has 0 saturated heterocycles. The summed E-state index contributed by atoms with van der Waals surface area (Å²) in [6.45, 7) is 29.7. The molecule has 1 aliphatic carbocycles. The van der Waals surface area contributed by atoms with Gasteiger partial charge in [-0.25, -0.2) is 32.4 Å². The van der Waals surface area contributed by atoms with Gasteiger partial charge in [0.2, 0.25) is 5.88 Å². The first kappa shape index (κ1) is 52.8. The lowest BCUT2D eigenvalue weighted by molar-refractivity contribution is -0.0249. The van der Waals surface area contributed by atoms with Crippen molar-refractivity contribution < 1.29 is 37.0 Å². The lowest BCUT2D eigenvalue weighted by atomic mass is 9.75. The smallest absolute Gasteiger partial charge is 0.416 e. The van der Waals surface area contributed by atoms with Gasteiger partial charge in [-0.1, -0.05) is 97.4 Å². The molecule has 2 aromatic heterocycles. The van der Waals surface area contributed by atoms with Gasteiger partial charge in [0.25, 0.3) is 15.7 Å². The molecule has 1 amide bonds. The minimum Gasteiger partial charge on any atom is -0.494 e. The fourth-order valence-electron chi connectivity index (χ4n) is 9.26. The number of unbranched alkanes of at least 4 members (excludes halogenated alkanes) is 6. The van der Waals surface area contributed by atoms with Gasteiger partial charge in [0.1, 0.15) is 23.2 Å². The number of sulfonamides is 1. The first-order valence-electron chi connectivity index (χ1n) is 24.7. The second kappa shape index (κ2) is 24.8. The van der Waals surface area contributed by atoms with E-state index in [2.05, 4.69) is 62.4 Å². The molecule has 6 rings (SSSR count). The average molecular weight is 975 g/mol. The third-order valence-corrected chi connectivity index (χ3v) is 14.3. The maximum Gasteiger partial charge on any atom is 0.416 e. The van der Waals surface area contributed by atoms with Crippen LogP contribution >= 0.6 is 0 Å². The Morgan fingerprint density at radius 2 is 1.47 bits per heavy atom. The number of aromatic amines is 1. The summed E-state index contributed by atoms with van der Waals surface area (Å²) in [5.74, 6) is 1.12. The number of hydrogen-bond acceptors (Lipinski definition) is 9. The molecule has 14 nitrogen and oxygen atoms in total. The molecule has 15 heteroatoms. The zero-order chi connectivity index (χ0) is 50.4. The summed E-state index contributed by atoms with van der Waals surface area (Å²) in [6.07, 6.45) is 12.6. The molecule has 2 unspecified atom stereocenters. The van der Waals surface area contributed by atoms with Crippen LogP contribution in [0.2, 0.25) is 0 Å². The maximum absolute atomic E-state index is 14.4. The molecule has 2 atom stereocenters. The number of amides is 1. The molecule has 0 aliphatic heterocycles. The molecule has 2 heterocycles. The van der Waals surface area contributed by atoms with Gasteiger partial charge in [0.15, 0.2) is 11.5 Å². The van der Waals surface area contributed by atoms with E-state index in [4.69, 9.17) is 30.5 Å². The van der Waals surface area contributed by atoms with Gasteiger partial charge >= 0.3 is 12.1 Å². The van der Waals surface area contributed by atoms with E-state index >= 15 is 0 Å². The van der Waals surface area contributed by atoms with Crippen LogP contribution in [0.5, 0.6) is 17.4 Å². The second-order valence-electron chi connectivity index (χ2n) is 18.6. The maximum atomic E-state index is 14.4. The number of esters is 1. The number of rotatable bonds is 25. The van der Waals surface area contributed by atoms with Gasteiger partial charge in [0, 0.05) is 18.7 Å².